The van der Waals surface area contributed by atoms with Gasteiger partial charge in [-0.1, -0.05) is 6.07 Å². The van der Waals surface area contributed by atoms with Gasteiger partial charge in [-0.05, 0) is 25.3 Å². The maximum atomic E-state index is 5.73. The molecule has 2 rings (SSSR count). The van der Waals surface area contributed by atoms with Gasteiger partial charge in [0, 0.05) is 37.0 Å². The molecule has 1 saturated heterocycles. The van der Waals surface area contributed by atoms with E-state index in [0.29, 0.717) is 12.0 Å². The minimum atomic E-state index is 0.366. The number of benzene rings is 1. The average molecular weight is 250 g/mol. The molecule has 1 aromatic rings. The predicted molar refractivity (Wildman–Crippen MR) is 72.6 cm³/mol. The van der Waals surface area contributed by atoms with E-state index in [1.165, 1.54) is 0 Å². The molecule has 1 aliphatic rings. The number of hydrogen-bond donors (Lipinski definition) is 2. The Morgan fingerprint density at radius 2 is 2.33 bits per heavy atom. The topological polar surface area (TPSA) is 56.5 Å². The first-order valence-corrected chi connectivity index (χ1v) is 6.45. The molecule has 0 bridgehead atoms. The lowest BCUT2D eigenvalue weighted by molar-refractivity contribution is 0.105. The molecular formula is C14H22N2O2. The standard InChI is InChI=1S/C14H22N2O2/c1-10-11(5-6-18-10)8-16-9-12-3-4-13(15)7-14(12)17-2/h3-4,7,10-11,16H,5-6,8-9,15H2,1-2H3. The van der Waals surface area contributed by atoms with Crippen LogP contribution in [0.2, 0.25) is 0 Å². The Balaban J connectivity index is 1.86. The highest BCUT2D eigenvalue weighted by Gasteiger charge is 2.23. The first kappa shape index (κ1) is 13.2. The lowest BCUT2D eigenvalue weighted by atomic mass is 10.0. The second-order valence-electron chi connectivity index (χ2n) is 4.83. The van der Waals surface area contributed by atoms with Crippen molar-refractivity contribution in [2.75, 3.05) is 26.0 Å². The van der Waals surface area contributed by atoms with Crippen LogP contribution in [0.5, 0.6) is 5.75 Å². The summed E-state index contributed by atoms with van der Waals surface area (Å²) >= 11 is 0. The number of ether oxygens (including phenoxy) is 2. The summed E-state index contributed by atoms with van der Waals surface area (Å²) in [5.74, 6) is 1.46. The number of hydrogen-bond acceptors (Lipinski definition) is 4. The molecule has 2 unspecified atom stereocenters. The Morgan fingerprint density at radius 3 is 3.00 bits per heavy atom. The Hall–Kier alpha value is -1.26. The van der Waals surface area contributed by atoms with Crippen molar-refractivity contribution in [2.45, 2.75) is 26.0 Å². The summed E-state index contributed by atoms with van der Waals surface area (Å²) in [7, 11) is 1.67. The van der Waals surface area contributed by atoms with E-state index in [-0.39, 0.29) is 0 Å². The predicted octanol–water partition coefficient (Wildman–Crippen LogP) is 1.79. The van der Waals surface area contributed by atoms with Gasteiger partial charge in [-0.3, -0.25) is 0 Å². The van der Waals surface area contributed by atoms with Gasteiger partial charge in [-0.25, -0.2) is 0 Å². The van der Waals surface area contributed by atoms with E-state index in [4.69, 9.17) is 15.2 Å². The van der Waals surface area contributed by atoms with Crippen molar-refractivity contribution < 1.29 is 9.47 Å². The van der Waals surface area contributed by atoms with E-state index in [0.717, 1.165) is 43.1 Å². The van der Waals surface area contributed by atoms with Gasteiger partial charge in [0.25, 0.3) is 0 Å². The lowest BCUT2D eigenvalue weighted by Crippen LogP contribution is -2.26. The molecule has 4 heteroatoms. The average Bonchev–Trinajstić information content (AvgIpc) is 2.77. The maximum absolute atomic E-state index is 5.73. The molecule has 1 heterocycles. The molecule has 0 saturated carbocycles. The van der Waals surface area contributed by atoms with Crippen LogP contribution in [0.25, 0.3) is 0 Å². The number of nitrogen functional groups attached to an aromatic ring is 1. The normalized spacial score (nSPS) is 23.2. The third-order valence-corrected chi connectivity index (χ3v) is 3.57. The minimum Gasteiger partial charge on any atom is -0.496 e. The van der Waals surface area contributed by atoms with Crippen molar-refractivity contribution in [1.82, 2.24) is 5.32 Å². The Bertz CT molecular complexity index is 395. The third kappa shape index (κ3) is 3.15. The fraction of sp³-hybridized carbons (Fsp3) is 0.571. The van der Waals surface area contributed by atoms with Gasteiger partial charge in [0.05, 0.1) is 13.2 Å². The molecule has 1 aliphatic heterocycles. The van der Waals surface area contributed by atoms with Gasteiger partial charge in [-0.15, -0.1) is 0 Å². The van der Waals surface area contributed by atoms with Crippen molar-refractivity contribution in [3.05, 3.63) is 23.8 Å². The van der Waals surface area contributed by atoms with Gasteiger partial charge in [0.15, 0.2) is 0 Å². The van der Waals surface area contributed by atoms with Crippen molar-refractivity contribution in [1.29, 1.82) is 0 Å². The first-order valence-electron chi connectivity index (χ1n) is 6.45. The molecule has 18 heavy (non-hydrogen) atoms. The van der Waals surface area contributed by atoms with E-state index >= 15 is 0 Å². The Morgan fingerprint density at radius 1 is 1.50 bits per heavy atom. The summed E-state index contributed by atoms with van der Waals surface area (Å²) in [6.45, 7) is 4.81. The van der Waals surface area contributed by atoms with Crippen molar-refractivity contribution in [2.24, 2.45) is 5.92 Å². The van der Waals surface area contributed by atoms with Crippen molar-refractivity contribution >= 4 is 5.69 Å². The van der Waals surface area contributed by atoms with Crippen LogP contribution in [0.3, 0.4) is 0 Å². The molecular weight excluding hydrogens is 228 g/mol. The van der Waals surface area contributed by atoms with Crippen LogP contribution in [-0.2, 0) is 11.3 Å². The summed E-state index contributed by atoms with van der Waals surface area (Å²) < 4.78 is 10.9. The van der Waals surface area contributed by atoms with E-state index in [1.54, 1.807) is 7.11 Å². The zero-order valence-corrected chi connectivity index (χ0v) is 11.1. The van der Waals surface area contributed by atoms with Gasteiger partial charge in [0.2, 0.25) is 0 Å². The second kappa shape index (κ2) is 6.07. The van der Waals surface area contributed by atoms with Crippen LogP contribution in [0.4, 0.5) is 5.69 Å². The quantitative estimate of drug-likeness (QED) is 0.782. The molecule has 1 fully saturated rings. The number of methoxy groups -OCH3 is 1. The van der Waals surface area contributed by atoms with Gasteiger partial charge < -0.3 is 20.5 Å². The smallest absolute Gasteiger partial charge is 0.125 e. The number of anilines is 1. The fourth-order valence-corrected chi connectivity index (χ4v) is 2.34. The molecule has 3 N–H and O–H groups in total. The number of nitrogens with one attached hydrogen (secondary N) is 1. The van der Waals surface area contributed by atoms with E-state index in [1.807, 2.05) is 18.2 Å². The Kier molecular flexibility index (Phi) is 4.44. The molecule has 0 spiro atoms. The van der Waals surface area contributed by atoms with Crippen LogP contribution in [0.1, 0.15) is 18.9 Å². The summed E-state index contributed by atoms with van der Waals surface area (Å²) in [6, 6.07) is 5.77. The largest absolute Gasteiger partial charge is 0.496 e. The molecule has 2 atom stereocenters. The molecule has 0 radical (unpaired) electrons. The highest BCUT2D eigenvalue weighted by atomic mass is 16.5. The first-order chi connectivity index (χ1) is 8.70. The molecule has 0 amide bonds. The highest BCUT2D eigenvalue weighted by Crippen LogP contribution is 2.22. The summed E-state index contributed by atoms with van der Waals surface area (Å²) in [6.07, 6.45) is 1.51. The highest BCUT2D eigenvalue weighted by molar-refractivity contribution is 5.48. The van der Waals surface area contributed by atoms with Gasteiger partial charge in [0.1, 0.15) is 5.75 Å². The van der Waals surface area contributed by atoms with Crippen molar-refractivity contribution in [3.63, 3.8) is 0 Å². The molecule has 0 aliphatic carbocycles. The van der Waals surface area contributed by atoms with Crippen LogP contribution < -0.4 is 15.8 Å². The second-order valence-corrected chi connectivity index (χ2v) is 4.83. The summed E-state index contributed by atoms with van der Waals surface area (Å²) in [5, 5.41) is 3.47. The van der Waals surface area contributed by atoms with Crippen LogP contribution in [-0.4, -0.2) is 26.4 Å². The fourth-order valence-electron chi connectivity index (χ4n) is 2.34. The zero-order valence-electron chi connectivity index (χ0n) is 11.1. The van der Waals surface area contributed by atoms with Crippen LogP contribution in [0.15, 0.2) is 18.2 Å². The monoisotopic (exact) mass is 250 g/mol. The number of nitrogens with two attached hydrogens (primary N) is 1. The summed E-state index contributed by atoms with van der Waals surface area (Å²) in [4.78, 5) is 0. The Labute approximate surface area is 108 Å². The van der Waals surface area contributed by atoms with Gasteiger partial charge >= 0.3 is 0 Å². The van der Waals surface area contributed by atoms with E-state index in [2.05, 4.69) is 12.2 Å². The van der Waals surface area contributed by atoms with Gasteiger partial charge in [-0.2, -0.15) is 0 Å². The lowest BCUT2D eigenvalue weighted by Gasteiger charge is -2.16. The molecule has 1 aromatic carbocycles. The SMILES string of the molecule is COc1cc(N)ccc1CNCC1CCOC1C. The maximum Gasteiger partial charge on any atom is 0.125 e. The third-order valence-electron chi connectivity index (χ3n) is 3.57. The van der Waals surface area contributed by atoms with E-state index in [9.17, 15) is 0 Å². The molecule has 0 aromatic heterocycles. The number of rotatable bonds is 5. The molecule has 100 valence electrons. The zero-order chi connectivity index (χ0) is 13.0. The van der Waals surface area contributed by atoms with Crippen LogP contribution in [0, 0.1) is 5.92 Å². The minimum absolute atomic E-state index is 0.366. The van der Waals surface area contributed by atoms with Crippen molar-refractivity contribution in [3.8, 4) is 5.75 Å². The van der Waals surface area contributed by atoms with E-state index < -0.39 is 0 Å². The summed E-state index contributed by atoms with van der Waals surface area (Å²) in [5.41, 5.74) is 7.60. The van der Waals surface area contributed by atoms with Crippen LogP contribution >= 0.6 is 0 Å². The molecule has 4 nitrogen and oxygen atoms in total.